The number of aliphatic carboxylic acids is 1. The van der Waals surface area contributed by atoms with Crippen LogP contribution in [0.3, 0.4) is 0 Å². The van der Waals surface area contributed by atoms with Gasteiger partial charge in [0.1, 0.15) is 12.6 Å². The van der Waals surface area contributed by atoms with Crippen LogP contribution in [0.25, 0.3) is 11.1 Å². The van der Waals surface area contributed by atoms with E-state index < -0.39 is 30.3 Å². The minimum atomic E-state index is -0.981. The molecule has 4 rings (SSSR count). The lowest BCUT2D eigenvalue weighted by atomic mass is 9.97. The molecule has 1 heterocycles. The molecule has 2 unspecified atom stereocenters. The van der Waals surface area contributed by atoms with Crippen LogP contribution in [0.5, 0.6) is 0 Å². The van der Waals surface area contributed by atoms with Gasteiger partial charge in [-0.15, -0.1) is 0 Å². The van der Waals surface area contributed by atoms with Crippen molar-refractivity contribution in [1.82, 2.24) is 10.2 Å². The molecule has 0 saturated carbocycles. The van der Waals surface area contributed by atoms with Crippen molar-refractivity contribution in [1.29, 1.82) is 0 Å². The first-order chi connectivity index (χ1) is 16.9. The molecule has 2 aromatic carbocycles. The van der Waals surface area contributed by atoms with Crippen molar-refractivity contribution in [3.05, 3.63) is 59.7 Å². The van der Waals surface area contributed by atoms with Crippen LogP contribution in [0.1, 0.15) is 49.7 Å². The lowest BCUT2D eigenvalue weighted by Crippen LogP contribution is -2.57. The molecule has 8 nitrogen and oxygen atoms in total. The Morgan fingerprint density at radius 2 is 1.69 bits per heavy atom. The second kappa shape index (κ2) is 10.9. The zero-order valence-corrected chi connectivity index (χ0v) is 20.1. The third kappa shape index (κ3) is 5.32. The van der Waals surface area contributed by atoms with E-state index in [2.05, 4.69) is 17.4 Å². The van der Waals surface area contributed by atoms with Crippen LogP contribution in [-0.4, -0.2) is 66.4 Å². The summed E-state index contributed by atoms with van der Waals surface area (Å²) in [6.45, 7) is 2.28. The molecule has 8 heteroatoms. The number of benzene rings is 2. The molecule has 2 N–H and O–H groups in total. The number of methoxy groups -OCH3 is 1. The molecule has 0 aromatic heterocycles. The summed E-state index contributed by atoms with van der Waals surface area (Å²) in [5.74, 6) is -1.39. The van der Waals surface area contributed by atoms with E-state index in [1.54, 1.807) is 11.8 Å². The Morgan fingerprint density at radius 3 is 2.29 bits per heavy atom. The number of carboxylic acids is 1. The van der Waals surface area contributed by atoms with E-state index in [-0.39, 0.29) is 24.9 Å². The van der Waals surface area contributed by atoms with Gasteiger partial charge < -0.3 is 24.8 Å². The predicted octanol–water partition coefficient (Wildman–Crippen LogP) is 3.78. The van der Waals surface area contributed by atoms with Gasteiger partial charge in [0, 0.05) is 25.6 Å². The Bertz CT molecular complexity index is 1040. The lowest BCUT2D eigenvalue weighted by molar-refractivity contribution is -0.144. The highest BCUT2D eigenvalue weighted by Gasteiger charge is 2.37. The van der Waals surface area contributed by atoms with Gasteiger partial charge in [0.2, 0.25) is 5.91 Å². The van der Waals surface area contributed by atoms with Crippen LogP contribution >= 0.6 is 0 Å². The standard InChI is InChI=1S/C27H32N2O6/c1-17(34-2)25(26(32)29-14-8-7-9-18(29)15-24(30)31)28-27(33)35-16-23-21-12-5-3-10-19(21)20-11-4-6-13-22(20)23/h3-6,10-13,17-18,23,25H,7-9,14-16H2,1-2H3,(H,28,33)(H,30,31)/t17?,18-,25?/m0/s1. The highest BCUT2D eigenvalue weighted by atomic mass is 16.5. The number of carbonyl (C=O) groups is 3. The topological polar surface area (TPSA) is 105 Å². The quantitative estimate of drug-likeness (QED) is 0.596. The van der Waals surface area contributed by atoms with Crippen molar-refractivity contribution in [2.75, 3.05) is 20.3 Å². The summed E-state index contributed by atoms with van der Waals surface area (Å²) in [7, 11) is 1.47. The number of rotatable bonds is 8. The van der Waals surface area contributed by atoms with Crippen LogP contribution < -0.4 is 5.32 Å². The first-order valence-electron chi connectivity index (χ1n) is 12.1. The number of amides is 2. The average Bonchev–Trinajstić information content (AvgIpc) is 3.19. The van der Waals surface area contributed by atoms with Gasteiger partial charge in [-0.3, -0.25) is 9.59 Å². The number of hydrogen-bond acceptors (Lipinski definition) is 5. The monoisotopic (exact) mass is 480 g/mol. The number of hydrogen-bond donors (Lipinski definition) is 2. The van der Waals surface area contributed by atoms with E-state index in [4.69, 9.17) is 9.47 Å². The Hall–Kier alpha value is -3.39. The second-order valence-corrected chi connectivity index (χ2v) is 9.17. The lowest BCUT2D eigenvalue weighted by Gasteiger charge is -2.38. The van der Waals surface area contributed by atoms with Crippen LogP contribution in [0.2, 0.25) is 0 Å². The van der Waals surface area contributed by atoms with Gasteiger partial charge in [-0.25, -0.2) is 4.79 Å². The molecule has 3 atom stereocenters. The number of nitrogens with zero attached hydrogens (tertiary/aromatic N) is 1. The minimum absolute atomic E-state index is 0.0933. The number of carbonyl (C=O) groups excluding carboxylic acids is 2. The molecule has 2 aromatic rings. The molecule has 0 spiro atoms. The van der Waals surface area contributed by atoms with Crippen molar-refractivity contribution < 1.29 is 29.0 Å². The molecule has 0 radical (unpaired) electrons. The van der Waals surface area contributed by atoms with Crippen LogP contribution in [0, 0.1) is 0 Å². The summed E-state index contributed by atoms with van der Waals surface area (Å²) >= 11 is 0. The number of alkyl carbamates (subject to hydrolysis) is 1. The third-order valence-corrected chi connectivity index (χ3v) is 7.04. The molecule has 1 aliphatic heterocycles. The van der Waals surface area contributed by atoms with Crippen molar-refractivity contribution in [3.63, 3.8) is 0 Å². The average molecular weight is 481 g/mol. The third-order valence-electron chi connectivity index (χ3n) is 7.04. The van der Waals surface area contributed by atoms with Crippen LogP contribution in [-0.2, 0) is 19.1 Å². The summed E-state index contributed by atoms with van der Waals surface area (Å²) in [5, 5.41) is 12.0. The maximum Gasteiger partial charge on any atom is 0.407 e. The Labute approximate surface area is 205 Å². The number of piperidine rings is 1. The highest BCUT2D eigenvalue weighted by molar-refractivity contribution is 5.87. The molecule has 35 heavy (non-hydrogen) atoms. The fourth-order valence-corrected chi connectivity index (χ4v) is 5.17. The fraction of sp³-hybridized carbons (Fsp3) is 0.444. The summed E-state index contributed by atoms with van der Waals surface area (Å²) in [6.07, 6.45) is 0.839. The van der Waals surface area contributed by atoms with Gasteiger partial charge in [0.15, 0.2) is 0 Å². The number of likely N-dealkylation sites (tertiary alicyclic amines) is 1. The number of nitrogens with one attached hydrogen (secondary N) is 1. The summed E-state index contributed by atoms with van der Waals surface area (Å²) in [6, 6.07) is 14.8. The van der Waals surface area contributed by atoms with Gasteiger partial charge in [0.25, 0.3) is 0 Å². The molecule has 2 amide bonds. The fourth-order valence-electron chi connectivity index (χ4n) is 5.17. The number of ether oxygens (including phenoxy) is 2. The first kappa shape index (κ1) is 24.7. The SMILES string of the molecule is COC(C)C(NC(=O)OCC1c2ccccc2-c2ccccc21)C(=O)N1CCCC[C@H]1CC(=O)O. The summed E-state index contributed by atoms with van der Waals surface area (Å²) in [4.78, 5) is 39.1. The molecule has 1 aliphatic carbocycles. The number of carboxylic acid groups (broad SMARTS) is 1. The van der Waals surface area contributed by atoms with E-state index >= 15 is 0 Å². The molecular weight excluding hydrogens is 448 g/mol. The van der Waals surface area contributed by atoms with E-state index in [1.165, 1.54) is 7.11 Å². The Balaban J connectivity index is 1.45. The normalized spacial score (nSPS) is 18.8. The first-order valence-corrected chi connectivity index (χ1v) is 12.1. The molecule has 186 valence electrons. The van der Waals surface area contributed by atoms with E-state index in [9.17, 15) is 19.5 Å². The largest absolute Gasteiger partial charge is 0.481 e. The summed E-state index contributed by atoms with van der Waals surface area (Å²) < 4.78 is 11.0. The van der Waals surface area contributed by atoms with Gasteiger partial charge in [-0.2, -0.15) is 0 Å². The van der Waals surface area contributed by atoms with Crippen LogP contribution in [0.15, 0.2) is 48.5 Å². The molecule has 2 aliphatic rings. The van der Waals surface area contributed by atoms with Crippen molar-refractivity contribution in [2.24, 2.45) is 0 Å². The van der Waals surface area contributed by atoms with Crippen LogP contribution in [0.4, 0.5) is 4.79 Å². The zero-order chi connectivity index (χ0) is 24.9. The number of fused-ring (bicyclic) bond motifs is 3. The van der Waals surface area contributed by atoms with Crippen molar-refractivity contribution >= 4 is 18.0 Å². The molecular formula is C27H32N2O6. The maximum atomic E-state index is 13.4. The smallest absolute Gasteiger partial charge is 0.407 e. The maximum absolute atomic E-state index is 13.4. The molecule has 1 saturated heterocycles. The van der Waals surface area contributed by atoms with Gasteiger partial charge in [0.05, 0.1) is 12.5 Å². The van der Waals surface area contributed by atoms with Gasteiger partial charge in [-0.1, -0.05) is 48.5 Å². The van der Waals surface area contributed by atoms with Gasteiger partial charge >= 0.3 is 12.1 Å². The van der Waals surface area contributed by atoms with Crippen molar-refractivity contribution in [2.45, 2.75) is 56.7 Å². The van der Waals surface area contributed by atoms with E-state index in [0.717, 1.165) is 35.1 Å². The highest BCUT2D eigenvalue weighted by Crippen LogP contribution is 2.44. The van der Waals surface area contributed by atoms with Gasteiger partial charge in [-0.05, 0) is 48.4 Å². The molecule has 0 bridgehead atoms. The summed E-state index contributed by atoms with van der Waals surface area (Å²) in [5.41, 5.74) is 4.47. The predicted molar refractivity (Wildman–Crippen MR) is 130 cm³/mol. The van der Waals surface area contributed by atoms with Crippen molar-refractivity contribution in [3.8, 4) is 11.1 Å². The van der Waals surface area contributed by atoms with E-state index in [1.807, 2.05) is 36.4 Å². The van der Waals surface area contributed by atoms with E-state index in [0.29, 0.717) is 13.0 Å². The zero-order valence-electron chi connectivity index (χ0n) is 20.1. The molecule has 1 fully saturated rings. The second-order valence-electron chi connectivity index (χ2n) is 9.17. The Morgan fingerprint density at radius 1 is 1.06 bits per heavy atom. The Kier molecular flexibility index (Phi) is 7.70. The minimum Gasteiger partial charge on any atom is -0.481 e.